The van der Waals surface area contributed by atoms with Gasteiger partial charge >= 0.3 is 0 Å². The maximum absolute atomic E-state index is 11.7. The molecule has 0 aromatic heterocycles. The van der Waals surface area contributed by atoms with Gasteiger partial charge in [-0.05, 0) is 19.3 Å². The number of carbonyl (C=O) groups is 1. The van der Waals surface area contributed by atoms with Crippen LogP contribution in [-0.2, 0) is 4.79 Å². The van der Waals surface area contributed by atoms with E-state index >= 15 is 0 Å². The summed E-state index contributed by atoms with van der Waals surface area (Å²) in [6.07, 6.45) is 5.85. The lowest BCUT2D eigenvalue weighted by molar-refractivity contribution is -0.122. The number of allylic oxidation sites excluding steroid dienone is 1. The predicted octanol–water partition coefficient (Wildman–Crippen LogP) is 1.13. The lowest BCUT2D eigenvalue weighted by Crippen LogP contribution is -2.56. The SMILES string of the molecule is CCCCC1=CN=C2NC(=N)NC(=O)C2C1. The Morgan fingerprint density at radius 1 is 1.56 bits per heavy atom. The van der Waals surface area contributed by atoms with Crippen LogP contribution in [0.4, 0.5) is 0 Å². The second-order valence-electron chi connectivity index (χ2n) is 4.15. The molecule has 2 aliphatic rings. The van der Waals surface area contributed by atoms with Crippen LogP contribution >= 0.6 is 0 Å². The molecule has 0 aromatic rings. The molecule has 2 heterocycles. The average Bonchev–Trinajstić information content (AvgIpc) is 2.26. The van der Waals surface area contributed by atoms with Gasteiger partial charge in [0.2, 0.25) is 11.9 Å². The summed E-state index contributed by atoms with van der Waals surface area (Å²) in [4.78, 5) is 15.9. The zero-order valence-electron chi connectivity index (χ0n) is 9.34. The molecular formula is C11H16N4O. The lowest BCUT2D eigenvalue weighted by atomic mass is 9.92. The first-order chi connectivity index (χ1) is 7.70. The van der Waals surface area contributed by atoms with Crippen molar-refractivity contribution in [2.75, 3.05) is 0 Å². The molecule has 3 N–H and O–H groups in total. The van der Waals surface area contributed by atoms with Gasteiger partial charge in [0.15, 0.2) is 0 Å². The Morgan fingerprint density at radius 3 is 3.12 bits per heavy atom. The van der Waals surface area contributed by atoms with Crippen molar-refractivity contribution in [3.8, 4) is 0 Å². The Morgan fingerprint density at radius 2 is 2.38 bits per heavy atom. The second kappa shape index (κ2) is 4.47. The van der Waals surface area contributed by atoms with Crippen molar-refractivity contribution in [3.63, 3.8) is 0 Å². The molecule has 2 aliphatic heterocycles. The molecule has 16 heavy (non-hydrogen) atoms. The highest BCUT2D eigenvalue weighted by Gasteiger charge is 2.32. The maximum atomic E-state index is 11.7. The summed E-state index contributed by atoms with van der Waals surface area (Å²) in [5.41, 5.74) is 1.22. The van der Waals surface area contributed by atoms with Crippen LogP contribution in [0.2, 0.25) is 0 Å². The fraction of sp³-hybridized carbons (Fsp3) is 0.545. The van der Waals surface area contributed by atoms with Crippen molar-refractivity contribution >= 4 is 17.7 Å². The van der Waals surface area contributed by atoms with E-state index in [1.807, 2.05) is 6.20 Å². The number of unbranched alkanes of at least 4 members (excludes halogenated alkanes) is 1. The Balaban J connectivity index is 2.10. The quantitative estimate of drug-likeness (QED) is 0.666. The van der Waals surface area contributed by atoms with E-state index in [2.05, 4.69) is 22.5 Å². The zero-order valence-corrected chi connectivity index (χ0v) is 9.34. The van der Waals surface area contributed by atoms with Gasteiger partial charge in [-0.2, -0.15) is 0 Å². The van der Waals surface area contributed by atoms with Gasteiger partial charge in [0, 0.05) is 6.20 Å². The number of nitrogens with zero attached hydrogens (tertiary/aromatic N) is 1. The minimum absolute atomic E-state index is 0.0189. The summed E-state index contributed by atoms with van der Waals surface area (Å²) in [5.74, 6) is 0.273. The third-order valence-electron chi connectivity index (χ3n) is 2.85. The number of guanidine groups is 1. The van der Waals surface area contributed by atoms with Crippen molar-refractivity contribution in [2.45, 2.75) is 32.6 Å². The van der Waals surface area contributed by atoms with Crippen molar-refractivity contribution in [2.24, 2.45) is 10.9 Å². The molecule has 0 spiro atoms. The Kier molecular flexibility index (Phi) is 3.03. The average molecular weight is 220 g/mol. The van der Waals surface area contributed by atoms with E-state index in [9.17, 15) is 4.79 Å². The standard InChI is InChI=1S/C11H16N4O/c1-2-3-4-7-5-8-9(13-6-7)14-11(12)15-10(8)16/h6,8H,2-5H2,1H3,(H3,12,13,14,15,16). The molecule has 2 rings (SSSR count). The molecule has 1 unspecified atom stereocenters. The number of carbonyl (C=O) groups excluding carboxylic acids is 1. The monoisotopic (exact) mass is 220 g/mol. The highest BCUT2D eigenvalue weighted by Crippen LogP contribution is 2.23. The molecule has 5 heteroatoms. The van der Waals surface area contributed by atoms with E-state index in [1.165, 1.54) is 5.57 Å². The largest absolute Gasteiger partial charge is 0.314 e. The fourth-order valence-corrected chi connectivity index (χ4v) is 1.94. The van der Waals surface area contributed by atoms with Crippen LogP contribution in [-0.4, -0.2) is 17.7 Å². The Bertz CT molecular complexity index is 383. The topological polar surface area (TPSA) is 77.3 Å². The molecule has 1 fully saturated rings. The predicted molar refractivity (Wildman–Crippen MR) is 62.2 cm³/mol. The first-order valence-electron chi connectivity index (χ1n) is 5.62. The van der Waals surface area contributed by atoms with Crippen LogP contribution in [0.3, 0.4) is 0 Å². The molecule has 0 bridgehead atoms. The first-order valence-corrected chi connectivity index (χ1v) is 5.62. The summed E-state index contributed by atoms with van der Waals surface area (Å²) in [6, 6.07) is 0. The Hall–Kier alpha value is -1.65. The van der Waals surface area contributed by atoms with Gasteiger partial charge in [0.05, 0.1) is 0 Å². The van der Waals surface area contributed by atoms with Crippen LogP contribution < -0.4 is 10.6 Å². The van der Waals surface area contributed by atoms with Crippen LogP contribution in [0.1, 0.15) is 32.6 Å². The smallest absolute Gasteiger partial charge is 0.237 e. The number of hydrogen-bond donors (Lipinski definition) is 3. The fourth-order valence-electron chi connectivity index (χ4n) is 1.94. The highest BCUT2D eigenvalue weighted by molar-refractivity contribution is 6.19. The molecule has 0 radical (unpaired) electrons. The zero-order chi connectivity index (χ0) is 11.5. The molecule has 0 aromatic carbocycles. The number of amidine groups is 1. The molecule has 86 valence electrons. The molecule has 1 saturated heterocycles. The van der Waals surface area contributed by atoms with E-state index in [-0.39, 0.29) is 17.8 Å². The number of rotatable bonds is 3. The number of nitrogens with one attached hydrogen (secondary N) is 3. The third-order valence-corrected chi connectivity index (χ3v) is 2.85. The van der Waals surface area contributed by atoms with E-state index in [4.69, 9.17) is 5.41 Å². The first kappa shape index (κ1) is 10.9. The van der Waals surface area contributed by atoms with Crippen molar-refractivity contribution < 1.29 is 4.79 Å². The summed E-state index contributed by atoms with van der Waals surface area (Å²) in [5, 5.41) is 12.6. The number of hydrogen-bond acceptors (Lipinski definition) is 3. The van der Waals surface area contributed by atoms with Gasteiger partial charge in [0.25, 0.3) is 0 Å². The molecule has 0 saturated carbocycles. The Labute approximate surface area is 94.5 Å². The molecular weight excluding hydrogens is 204 g/mol. The van der Waals surface area contributed by atoms with Crippen LogP contribution in [0.5, 0.6) is 0 Å². The number of amides is 1. The van der Waals surface area contributed by atoms with Crippen molar-refractivity contribution in [1.82, 2.24) is 10.6 Å². The van der Waals surface area contributed by atoms with Crippen LogP contribution in [0.25, 0.3) is 0 Å². The van der Waals surface area contributed by atoms with E-state index in [0.717, 1.165) is 25.7 Å². The molecule has 0 aliphatic carbocycles. The van der Waals surface area contributed by atoms with Crippen molar-refractivity contribution in [3.05, 3.63) is 11.8 Å². The van der Waals surface area contributed by atoms with Gasteiger partial charge < -0.3 is 5.32 Å². The van der Waals surface area contributed by atoms with Crippen LogP contribution in [0.15, 0.2) is 16.8 Å². The minimum Gasteiger partial charge on any atom is -0.314 e. The number of fused-ring (bicyclic) bond motifs is 1. The van der Waals surface area contributed by atoms with Crippen molar-refractivity contribution in [1.29, 1.82) is 5.41 Å². The summed E-state index contributed by atoms with van der Waals surface area (Å²) >= 11 is 0. The highest BCUT2D eigenvalue weighted by atomic mass is 16.2. The molecule has 1 amide bonds. The third kappa shape index (κ3) is 2.13. The summed E-state index contributed by atoms with van der Waals surface area (Å²) in [7, 11) is 0. The van der Waals surface area contributed by atoms with E-state index in [0.29, 0.717) is 5.84 Å². The molecule has 5 nitrogen and oxygen atoms in total. The second-order valence-corrected chi connectivity index (χ2v) is 4.15. The maximum Gasteiger partial charge on any atom is 0.237 e. The van der Waals surface area contributed by atoms with E-state index in [1.54, 1.807) is 0 Å². The normalized spacial score (nSPS) is 23.9. The van der Waals surface area contributed by atoms with Gasteiger partial charge in [0.1, 0.15) is 11.8 Å². The summed E-state index contributed by atoms with van der Waals surface area (Å²) < 4.78 is 0. The lowest BCUT2D eigenvalue weighted by Gasteiger charge is -2.28. The molecule has 1 atom stereocenters. The van der Waals surface area contributed by atoms with Gasteiger partial charge in [-0.25, -0.2) is 4.99 Å². The van der Waals surface area contributed by atoms with Gasteiger partial charge in [-0.3, -0.25) is 15.5 Å². The minimum atomic E-state index is -0.231. The van der Waals surface area contributed by atoms with Crippen LogP contribution in [0, 0.1) is 11.3 Å². The van der Waals surface area contributed by atoms with E-state index < -0.39 is 0 Å². The van der Waals surface area contributed by atoms with Gasteiger partial charge in [-0.1, -0.05) is 18.9 Å². The van der Waals surface area contributed by atoms with Gasteiger partial charge in [-0.15, -0.1) is 0 Å². The number of aliphatic imine (C=N–C) groups is 1. The summed E-state index contributed by atoms with van der Waals surface area (Å²) in [6.45, 7) is 2.15.